The Morgan fingerprint density at radius 2 is 1.32 bits per heavy atom. The van der Waals surface area contributed by atoms with Crippen LogP contribution >= 0.6 is 0 Å². The van der Waals surface area contributed by atoms with Gasteiger partial charge in [-0.15, -0.1) is 0 Å². The third-order valence-corrected chi connectivity index (χ3v) is 5.57. The third-order valence-electron chi connectivity index (χ3n) is 3.30. The molecule has 0 N–H and O–H groups in total. The first-order valence-corrected chi connectivity index (χ1v) is 9.25. The van der Waals surface area contributed by atoms with Gasteiger partial charge in [-0.3, -0.25) is 0 Å². The summed E-state index contributed by atoms with van der Waals surface area (Å²) in [6.07, 6.45) is 0. The first-order chi connectivity index (χ1) is 11.8. The molecular formula is C12H6N6O5S2. The maximum Gasteiger partial charge on any atom is 0.264 e. The molecule has 0 aliphatic heterocycles. The molecule has 0 saturated heterocycles. The average molecular weight is 378 g/mol. The van der Waals surface area contributed by atoms with Gasteiger partial charge in [-0.1, -0.05) is 0 Å². The van der Waals surface area contributed by atoms with Crippen LogP contribution in [0.5, 0.6) is 0 Å². The van der Waals surface area contributed by atoms with E-state index in [9.17, 15) is 16.8 Å². The summed E-state index contributed by atoms with van der Waals surface area (Å²) < 4.78 is 58.1. The normalized spacial score (nSPS) is 11.8. The first kappa shape index (κ1) is 16.6. The number of nitrogens with zero attached hydrogens (tertiary/aromatic N) is 6. The molecule has 0 fully saturated rings. The van der Waals surface area contributed by atoms with Crippen LogP contribution in [0.15, 0.2) is 59.6 Å². The van der Waals surface area contributed by atoms with Crippen LogP contribution in [0.2, 0.25) is 0 Å². The molecule has 1 heterocycles. The molecule has 11 nitrogen and oxygen atoms in total. The predicted octanol–water partition coefficient (Wildman–Crippen LogP) is 3.58. The molecular weight excluding hydrogens is 372 g/mol. The highest BCUT2D eigenvalue weighted by atomic mass is 32.2. The van der Waals surface area contributed by atoms with E-state index in [1.807, 2.05) is 0 Å². The van der Waals surface area contributed by atoms with Crippen LogP contribution in [0.3, 0.4) is 0 Å². The molecule has 0 spiro atoms. The van der Waals surface area contributed by atoms with Gasteiger partial charge in [0.15, 0.2) is 0 Å². The Kier molecular flexibility index (Phi) is 3.78. The standard InChI is InChI=1S/C12H6N6O5S2/c13-15-17-24(19,20)7-2-4-11-10(5-7)9-3-1-8(6-12(9)23-11)25(21,22)18-16-14/h1-6H. The lowest BCUT2D eigenvalue weighted by atomic mass is 10.1. The van der Waals surface area contributed by atoms with Crippen LogP contribution in [-0.2, 0) is 20.0 Å². The maximum atomic E-state index is 11.8. The summed E-state index contributed by atoms with van der Waals surface area (Å²) in [5.74, 6) is 0. The highest BCUT2D eigenvalue weighted by Gasteiger charge is 2.18. The Hall–Kier alpha value is -3.24. The van der Waals surface area contributed by atoms with Crippen LogP contribution in [0.1, 0.15) is 0 Å². The molecule has 0 radical (unpaired) electrons. The number of hydrogen-bond acceptors (Lipinski definition) is 5. The van der Waals surface area contributed by atoms with E-state index in [0.29, 0.717) is 16.4 Å². The third kappa shape index (κ3) is 2.84. The van der Waals surface area contributed by atoms with Crippen LogP contribution in [0.25, 0.3) is 42.8 Å². The van der Waals surface area contributed by atoms with Crippen LogP contribution < -0.4 is 0 Å². The van der Waals surface area contributed by atoms with Crippen molar-refractivity contribution in [3.63, 3.8) is 0 Å². The largest absolute Gasteiger partial charge is 0.456 e. The molecule has 3 rings (SSSR count). The zero-order valence-electron chi connectivity index (χ0n) is 12.0. The van der Waals surface area contributed by atoms with Crippen molar-refractivity contribution in [1.29, 1.82) is 0 Å². The monoisotopic (exact) mass is 378 g/mol. The van der Waals surface area contributed by atoms with E-state index in [2.05, 4.69) is 18.9 Å². The lowest BCUT2D eigenvalue weighted by Crippen LogP contribution is -1.94. The molecule has 3 aromatic rings. The minimum Gasteiger partial charge on any atom is -0.456 e. The Morgan fingerprint density at radius 3 is 1.92 bits per heavy atom. The molecule has 0 aliphatic carbocycles. The zero-order chi connectivity index (χ0) is 18.2. The predicted molar refractivity (Wildman–Crippen MR) is 86.4 cm³/mol. The van der Waals surface area contributed by atoms with Crippen molar-refractivity contribution in [2.75, 3.05) is 0 Å². The van der Waals surface area contributed by atoms with Gasteiger partial charge in [0.2, 0.25) is 0 Å². The van der Waals surface area contributed by atoms with Gasteiger partial charge in [-0.05, 0) is 41.4 Å². The second kappa shape index (κ2) is 5.69. The number of hydrogen-bond donors (Lipinski definition) is 0. The molecule has 0 bridgehead atoms. The average Bonchev–Trinajstić information content (AvgIpc) is 2.91. The summed E-state index contributed by atoms with van der Waals surface area (Å²) in [6.45, 7) is 0. The molecule has 0 saturated carbocycles. The second-order valence-electron chi connectivity index (χ2n) is 4.71. The molecule has 2 aromatic carbocycles. The first-order valence-electron chi connectivity index (χ1n) is 6.37. The van der Waals surface area contributed by atoms with Crippen molar-refractivity contribution in [2.24, 2.45) is 9.04 Å². The molecule has 0 amide bonds. The van der Waals surface area contributed by atoms with E-state index < -0.39 is 20.0 Å². The number of benzene rings is 2. The van der Waals surface area contributed by atoms with Gasteiger partial charge < -0.3 is 4.42 Å². The van der Waals surface area contributed by atoms with Crippen LogP contribution in [0, 0.1) is 0 Å². The minimum atomic E-state index is -4.18. The van der Waals surface area contributed by atoms with Gasteiger partial charge in [-0.2, -0.15) is 0 Å². The fourth-order valence-electron chi connectivity index (χ4n) is 2.25. The minimum absolute atomic E-state index is 0.155. The quantitative estimate of drug-likeness (QED) is 0.381. The molecule has 13 heteroatoms. The Morgan fingerprint density at radius 1 is 0.760 bits per heavy atom. The molecule has 0 unspecified atom stereocenters. The highest BCUT2D eigenvalue weighted by Crippen LogP contribution is 2.32. The van der Waals surface area contributed by atoms with E-state index in [-0.39, 0.29) is 15.4 Å². The van der Waals surface area contributed by atoms with Gasteiger partial charge in [-0.25, -0.2) is 16.8 Å². The Labute approximate surface area is 139 Å². The summed E-state index contributed by atoms with van der Waals surface area (Å²) in [5.41, 5.74) is 17.1. The van der Waals surface area contributed by atoms with Gasteiger partial charge in [0.25, 0.3) is 20.0 Å². The van der Waals surface area contributed by atoms with E-state index in [4.69, 9.17) is 15.5 Å². The van der Waals surface area contributed by atoms with Crippen molar-refractivity contribution in [2.45, 2.75) is 9.79 Å². The van der Waals surface area contributed by atoms with Gasteiger partial charge in [0, 0.05) is 35.7 Å². The number of azide groups is 2. The topological polar surface area (TPSA) is 179 Å². The molecule has 25 heavy (non-hydrogen) atoms. The number of sulfonamides is 2. The lowest BCUT2D eigenvalue weighted by molar-refractivity contribution is 0.595. The Bertz CT molecular complexity index is 1330. The van der Waals surface area contributed by atoms with Crippen molar-refractivity contribution in [3.8, 4) is 0 Å². The highest BCUT2D eigenvalue weighted by molar-refractivity contribution is 7.90. The van der Waals surface area contributed by atoms with Crippen molar-refractivity contribution < 1.29 is 21.3 Å². The maximum absolute atomic E-state index is 11.8. The summed E-state index contributed by atoms with van der Waals surface area (Å²) in [7, 11) is -8.35. The number of fused-ring (bicyclic) bond motifs is 3. The summed E-state index contributed by atoms with van der Waals surface area (Å²) in [5, 5.41) is 0.824. The molecule has 0 aliphatic rings. The van der Waals surface area contributed by atoms with Gasteiger partial charge >= 0.3 is 0 Å². The van der Waals surface area contributed by atoms with Crippen molar-refractivity contribution in [1.82, 2.24) is 0 Å². The SMILES string of the molecule is [N-]=[N+]=NS(=O)(=O)c1ccc2c(c1)oc1ccc(S(=O)(=O)N=[N+]=[N-])cc12. The molecule has 1 aromatic heterocycles. The van der Waals surface area contributed by atoms with Crippen LogP contribution in [0.4, 0.5) is 0 Å². The van der Waals surface area contributed by atoms with E-state index in [1.165, 1.54) is 36.4 Å². The second-order valence-corrected chi connectivity index (χ2v) is 7.88. The Balaban J connectivity index is 2.28. The van der Waals surface area contributed by atoms with Gasteiger partial charge in [0.1, 0.15) is 11.2 Å². The fourth-order valence-corrected chi connectivity index (χ4v) is 3.63. The van der Waals surface area contributed by atoms with Crippen molar-refractivity contribution in [3.05, 3.63) is 57.3 Å². The summed E-state index contributed by atoms with van der Waals surface area (Å²) >= 11 is 0. The number of rotatable bonds is 4. The van der Waals surface area contributed by atoms with Crippen molar-refractivity contribution >= 4 is 42.0 Å². The van der Waals surface area contributed by atoms with E-state index in [1.54, 1.807) is 0 Å². The summed E-state index contributed by atoms with van der Waals surface area (Å²) in [6, 6.07) is 7.58. The van der Waals surface area contributed by atoms with Crippen LogP contribution in [-0.4, -0.2) is 16.8 Å². The lowest BCUT2D eigenvalue weighted by Gasteiger charge is -1.98. The van der Waals surface area contributed by atoms with E-state index >= 15 is 0 Å². The number of furan rings is 1. The smallest absolute Gasteiger partial charge is 0.264 e. The zero-order valence-corrected chi connectivity index (χ0v) is 13.6. The summed E-state index contributed by atoms with van der Waals surface area (Å²) in [4.78, 5) is 4.04. The molecule has 0 atom stereocenters. The van der Waals surface area contributed by atoms with Gasteiger partial charge in [0.05, 0.1) is 9.79 Å². The fraction of sp³-hybridized carbons (Fsp3) is 0. The van der Waals surface area contributed by atoms with E-state index in [0.717, 1.165) is 0 Å². The molecule has 126 valence electrons.